The first-order valence-electron chi connectivity index (χ1n) is 7.65. The Hall–Kier alpha value is -0.920. The van der Waals surface area contributed by atoms with Crippen molar-refractivity contribution in [3.63, 3.8) is 0 Å². The third kappa shape index (κ3) is 5.41. The summed E-state index contributed by atoms with van der Waals surface area (Å²) in [6.45, 7) is 11.4. The molecule has 0 radical (unpaired) electrons. The minimum Gasteiger partial charge on any atom is -0.315 e. The number of nitrogens with zero attached hydrogens (tertiary/aromatic N) is 3. The minimum absolute atomic E-state index is 0.278. The van der Waals surface area contributed by atoms with E-state index in [0.717, 1.165) is 19.5 Å². The van der Waals surface area contributed by atoms with Crippen molar-refractivity contribution in [1.82, 2.24) is 19.4 Å². The average Bonchev–Trinajstić information content (AvgIpc) is 2.90. The highest BCUT2D eigenvalue weighted by Crippen LogP contribution is 2.16. The van der Waals surface area contributed by atoms with Gasteiger partial charge in [-0.1, -0.05) is 27.7 Å². The summed E-state index contributed by atoms with van der Waals surface area (Å²) in [6, 6.07) is 0. The van der Waals surface area contributed by atoms with E-state index in [9.17, 15) is 8.42 Å². The van der Waals surface area contributed by atoms with E-state index in [4.69, 9.17) is 0 Å². The van der Waals surface area contributed by atoms with E-state index >= 15 is 0 Å². The maximum atomic E-state index is 12.5. The summed E-state index contributed by atoms with van der Waals surface area (Å²) in [4.78, 5) is 0.278. The first kappa shape index (κ1) is 18.1. The van der Waals surface area contributed by atoms with Crippen LogP contribution in [0.3, 0.4) is 0 Å². The lowest BCUT2D eigenvalue weighted by atomic mass is 10.2. The number of hydrogen-bond acceptors (Lipinski definition) is 4. The van der Waals surface area contributed by atoms with Crippen molar-refractivity contribution >= 4 is 10.0 Å². The second-order valence-electron chi connectivity index (χ2n) is 5.54. The summed E-state index contributed by atoms with van der Waals surface area (Å²) in [5.74, 6) is 0.299. The number of aromatic nitrogens is 2. The fourth-order valence-corrected chi connectivity index (χ4v) is 3.62. The van der Waals surface area contributed by atoms with E-state index in [1.54, 1.807) is 10.9 Å². The van der Waals surface area contributed by atoms with E-state index in [1.807, 2.05) is 20.8 Å². The van der Waals surface area contributed by atoms with Gasteiger partial charge in [0, 0.05) is 25.8 Å². The predicted octanol–water partition coefficient (Wildman–Crippen LogP) is 1.55. The van der Waals surface area contributed by atoms with Crippen LogP contribution in [0.5, 0.6) is 0 Å². The molecule has 7 heteroatoms. The molecule has 1 aromatic rings. The highest BCUT2D eigenvalue weighted by molar-refractivity contribution is 7.89. The molecule has 0 aromatic carbocycles. The third-order valence-electron chi connectivity index (χ3n) is 3.11. The van der Waals surface area contributed by atoms with Crippen LogP contribution in [0.2, 0.25) is 0 Å². The quantitative estimate of drug-likeness (QED) is 0.665. The summed E-state index contributed by atoms with van der Waals surface area (Å²) in [7, 11) is -3.43. The SMILES string of the molecule is CCCNCCn1cc(S(=O)(=O)N(CC)CC(C)C)cn1. The van der Waals surface area contributed by atoms with Crippen LogP contribution in [0.25, 0.3) is 0 Å². The molecule has 0 unspecified atom stereocenters. The molecule has 0 saturated heterocycles. The van der Waals surface area contributed by atoms with E-state index in [0.29, 0.717) is 25.6 Å². The fraction of sp³-hybridized carbons (Fsp3) is 0.786. The van der Waals surface area contributed by atoms with Gasteiger partial charge in [-0.2, -0.15) is 9.40 Å². The standard InChI is InChI=1S/C14H28N4O2S/c1-5-7-15-8-9-17-12-14(10-16-17)21(19,20)18(6-2)11-13(3)4/h10,12-13,15H,5-9,11H2,1-4H3. The molecular weight excluding hydrogens is 288 g/mol. The summed E-state index contributed by atoms with van der Waals surface area (Å²) in [5.41, 5.74) is 0. The molecule has 0 saturated carbocycles. The molecule has 0 atom stereocenters. The highest BCUT2D eigenvalue weighted by atomic mass is 32.2. The van der Waals surface area contributed by atoms with Crippen LogP contribution in [0, 0.1) is 5.92 Å². The Morgan fingerprint density at radius 1 is 1.33 bits per heavy atom. The Morgan fingerprint density at radius 3 is 2.62 bits per heavy atom. The van der Waals surface area contributed by atoms with Crippen LogP contribution < -0.4 is 5.32 Å². The fourth-order valence-electron chi connectivity index (χ4n) is 2.05. The molecule has 122 valence electrons. The van der Waals surface area contributed by atoms with E-state index in [1.165, 1.54) is 10.5 Å². The van der Waals surface area contributed by atoms with Crippen LogP contribution in [0.1, 0.15) is 34.1 Å². The van der Waals surface area contributed by atoms with Crippen molar-refractivity contribution in [2.45, 2.75) is 45.6 Å². The molecule has 1 rings (SSSR count). The largest absolute Gasteiger partial charge is 0.315 e. The zero-order valence-corrected chi connectivity index (χ0v) is 14.4. The van der Waals surface area contributed by atoms with Crippen LogP contribution in [0.15, 0.2) is 17.3 Å². The molecule has 0 spiro atoms. The lowest BCUT2D eigenvalue weighted by Crippen LogP contribution is -2.33. The molecule has 21 heavy (non-hydrogen) atoms. The normalized spacial score (nSPS) is 12.5. The van der Waals surface area contributed by atoms with E-state index in [-0.39, 0.29) is 4.90 Å². The van der Waals surface area contributed by atoms with Crippen molar-refractivity contribution < 1.29 is 8.42 Å². The zero-order chi connectivity index (χ0) is 15.9. The maximum absolute atomic E-state index is 12.5. The van der Waals surface area contributed by atoms with Gasteiger partial charge in [-0.25, -0.2) is 8.42 Å². The molecule has 0 bridgehead atoms. The van der Waals surface area contributed by atoms with Gasteiger partial charge in [-0.3, -0.25) is 4.68 Å². The van der Waals surface area contributed by atoms with Gasteiger partial charge in [0.1, 0.15) is 4.90 Å². The van der Waals surface area contributed by atoms with E-state index < -0.39 is 10.0 Å². The molecule has 6 nitrogen and oxygen atoms in total. The Balaban J connectivity index is 2.73. The van der Waals surface area contributed by atoms with Crippen molar-refractivity contribution in [3.8, 4) is 0 Å². The highest BCUT2D eigenvalue weighted by Gasteiger charge is 2.25. The van der Waals surface area contributed by atoms with Crippen molar-refractivity contribution in [2.24, 2.45) is 5.92 Å². The molecule has 0 amide bonds. The maximum Gasteiger partial charge on any atom is 0.246 e. The summed E-state index contributed by atoms with van der Waals surface area (Å²) < 4.78 is 28.3. The third-order valence-corrected chi connectivity index (χ3v) is 5.01. The zero-order valence-electron chi connectivity index (χ0n) is 13.5. The van der Waals surface area contributed by atoms with Gasteiger partial charge in [0.15, 0.2) is 0 Å². The lowest BCUT2D eigenvalue weighted by molar-refractivity contribution is 0.381. The van der Waals surface area contributed by atoms with Crippen LogP contribution in [-0.4, -0.2) is 48.7 Å². The van der Waals surface area contributed by atoms with Gasteiger partial charge in [0.2, 0.25) is 10.0 Å². The summed E-state index contributed by atoms with van der Waals surface area (Å²) in [5, 5.41) is 7.42. The second-order valence-corrected chi connectivity index (χ2v) is 7.48. The Labute approximate surface area is 128 Å². The van der Waals surface area contributed by atoms with Gasteiger partial charge >= 0.3 is 0 Å². The summed E-state index contributed by atoms with van der Waals surface area (Å²) in [6.07, 6.45) is 4.14. The molecule has 0 aliphatic carbocycles. The average molecular weight is 316 g/mol. The smallest absolute Gasteiger partial charge is 0.246 e. The molecule has 0 fully saturated rings. The molecule has 1 heterocycles. The number of nitrogens with one attached hydrogen (secondary N) is 1. The van der Waals surface area contributed by atoms with Gasteiger partial charge in [-0.15, -0.1) is 0 Å². The molecule has 0 aliphatic rings. The van der Waals surface area contributed by atoms with Gasteiger partial charge < -0.3 is 5.32 Å². The van der Waals surface area contributed by atoms with Crippen molar-refractivity contribution in [3.05, 3.63) is 12.4 Å². The number of sulfonamides is 1. The molecule has 0 aliphatic heterocycles. The number of rotatable bonds is 10. The first-order valence-corrected chi connectivity index (χ1v) is 9.09. The van der Waals surface area contributed by atoms with Crippen LogP contribution >= 0.6 is 0 Å². The van der Waals surface area contributed by atoms with Crippen LogP contribution in [0.4, 0.5) is 0 Å². The topological polar surface area (TPSA) is 67.2 Å². The summed E-state index contributed by atoms with van der Waals surface area (Å²) >= 11 is 0. The second kappa shape index (κ2) is 8.51. The number of hydrogen-bond donors (Lipinski definition) is 1. The molecule has 1 N–H and O–H groups in total. The van der Waals surface area contributed by atoms with Crippen molar-refractivity contribution in [1.29, 1.82) is 0 Å². The van der Waals surface area contributed by atoms with Gasteiger partial charge in [0.25, 0.3) is 0 Å². The molecular formula is C14H28N4O2S. The Morgan fingerprint density at radius 2 is 2.05 bits per heavy atom. The van der Waals surface area contributed by atoms with Gasteiger partial charge in [-0.05, 0) is 18.9 Å². The monoisotopic (exact) mass is 316 g/mol. The van der Waals surface area contributed by atoms with E-state index in [2.05, 4.69) is 17.3 Å². The van der Waals surface area contributed by atoms with Crippen LogP contribution in [-0.2, 0) is 16.6 Å². The van der Waals surface area contributed by atoms with Crippen molar-refractivity contribution in [2.75, 3.05) is 26.2 Å². The molecule has 1 aromatic heterocycles. The predicted molar refractivity (Wildman–Crippen MR) is 84.7 cm³/mol. The first-order chi connectivity index (χ1) is 9.91. The Bertz CT molecular complexity index is 511. The minimum atomic E-state index is -3.43. The van der Waals surface area contributed by atoms with Gasteiger partial charge in [0.05, 0.1) is 12.7 Å². The lowest BCUT2D eigenvalue weighted by Gasteiger charge is -2.21. The Kier molecular flexibility index (Phi) is 7.34.